The van der Waals surface area contributed by atoms with Crippen molar-refractivity contribution in [2.75, 3.05) is 12.3 Å². The molecule has 0 N–H and O–H groups in total. The van der Waals surface area contributed by atoms with E-state index in [2.05, 4.69) is 13.8 Å². The summed E-state index contributed by atoms with van der Waals surface area (Å²) >= 11 is 0. The number of hydrogen-bond acceptors (Lipinski definition) is 4. The Kier molecular flexibility index (Phi) is 30.7. The summed E-state index contributed by atoms with van der Waals surface area (Å²) in [6.45, 7) is 4.35. The second-order valence-corrected chi connectivity index (χ2v) is 7.87. The number of hydrogen-bond donors (Lipinski definition) is 0. The van der Waals surface area contributed by atoms with Gasteiger partial charge in [-0.2, -0.15) is 0 Å². The molecule has 0 aliphatic heterocycles. The summed E-state index contributed by atoms with van der Waals surface area (Å²) in [6.07, 6.45) is 14.5. The normalized spacial score (nSPS) is 11.1. The molecule has 4 nitrogen and oxygen atoms in total. The van der Waals surface area contributed by atoms with Crippen LogP contribution in [0.4, 0.5) is 0 Å². The van der Waals surface area contributed by atoms with E-state index >= 15 is 0 Å². The SMILES string of the molecule is CCCCCCCC[P+](=O)[O-].CCCCCCCC[P+](=O)[O-].[Co+2]. The molecule has 23 heavy (non-hydrogen) atoms. The first-order valence-corrected chi connectivity index (χ1v) is 11.5. The fourth-order valence-corrected chi connectivity index (χ4v) is 3.01. The zero-order valence-corrected chi connectivity index (χ0v) is 17.6. The van der Waals surface area contributed by atoms with Gasteiger partial charge in [-0.1, -0.05) is 74.3 Å². The van der Waals surface area contributed by atoms with Gasteiger partial charge < -0.3 is 9.79 Å². The van der Waals surface area contributed by atoms with Crippen LogP contribution in [0.25, 0.3) is 0 Å². The van der Waals surface area contributed by atoms with Gasteiger partial charge in [0.25, 0.3) is 0 Å². The largest absolute Gasteiger partial charge is 2.00 e. The third-order valence-electron chi connectivity index (χ3n) is 3.39. The van der Waals surface area contributed by atoms with Crippen molar-refractivity contribution < 1.29 is 35.7 Å². The average molecular weight is 411 g/mol. The van der Waals surface area contributed by atoms with E-state index in [1.807, 2.05) is 0 Å². The van der Waals surface area contributed by atoms with Crippen molar-refractivity contribution in [3.63, 3.8) is 0 Å². The van der Waals surface area contributed by atoms with Gasteiger partial charge in [0, 0.05) is 0 Å². The number of unbranched alkanes of at least 4 members (excludes halogenated alkanes) is 10. The maximum absolute atomic E-state index is 10.1. The van der Waals surface area contributed by atoms with E-state index in [0.29, 0.717) is 12.3 Å². The summed E-state index contributed by atoms with van der Waals surface area (Å²) in [4.78, 5) is 20.3. The first-order valence-electron chi connectivity index (χ1n) is 8.78. The van der Waals surface area contributed by atoms with Crippen LogP contribution in [-0.4, -0.2) is 12.3 Å². The van der Waals surface area contributed by atoms with Crippen molar-refractivity contribution >= 4 is 16.1 Å². The van der Waals surface area contributed by atoms with E-state index in [-0.39, 0.29) is 16.8 Å². The maximum atomic E-state index is 10.1. The van der Waals surface area contributed by atoms with Crippen LogP contribution in [-0.2, 0) is 25.9 Å². The molecule has 1 radical (unpaired) electrons. The summed E-state index contributed by atoms with van der Waals surface area (Å²) in [5, 5.41) is 0. The molecule has 0 spiro atoms. The molecule has 0 aromatic carbocycles. The second kappa shape index (κ2) is 24.9. The molecule has 139 valence electrons. The number of rotatable bonds is 14. The van der Waals surface area contributed by atoms with Gasteiger partial charge in [0.15, 0.2) is 0 Å². The second-order valence-electron chi connectivity index (χ2n) is 5.65. The molecule has 0 saturated heterocycles. The molecule has 2 atom stereocenters. The Morgan fingerprint density at radius 3 is 1.09 bits per heavy atom. The van der Waals surface area contributed by atoms with Crippen LogP contribution in [0, 0.1) is 0 Å². The first-order chi connectivity index (χ1) is 10.5. The fourth-order valence-electron chi connectivity index (χ4n) is 2.04. The Morgan fingerprint density at radius 2 is 0.826 bits per heavy atom. The smallest absolute Gasteiger partial charge is 0.596 e. The zero-order chi connectivity index (χ0) is 17.1. The standard InChI is InChI=1S/2C8H17O2P.Co/c2*1-2-3-4-5-6-7-8-11(9)10;/h2*2-8H2,1H3;/q;;+2. The Balaban J connectivity index is -0.000000333. The van der Waals surface area contributed by atoms with Gasteiger partial charge in [-0.05, 0) is 25.7 Å². The Hall–Kier alpha value is 0.626. The van der Waals surface area contributed by atoms with Gasteiger partial charge in [0.05, 0.1) is 0 Å². The predicted octanol–water partition coefficient (Wildman–Crippen LogP) is 4.90. The van der Waals surface area contributed by atoms with Gasteiger partial charge in [0.1, 0.15) is 12.3 Å². The van der Waals surface area contributed by atoms with Crippen molar-refractivity contribution in [1.29, 1.82) is 0 Å². The minimum atomic E-state index is -2.12. The Labute approximate surface area is 155 Å². The van der Waals surface area contributed by atoms with Crippen molar-refractivity contribution in [2.45, 2.75) is 90.9 Å². The topological polar surface area (TPSA) is 80.3 Å². The third kappa shape index (κ3) is 34.8. The van der Waals surface area contributed by atoms with Gasteiger partial charge in [0.2, 0.25) is 0 Å². The van der Waals surface area contributed by atoms with Crippen LogP contribution in [0.3, 0.4) is 0 Å². The summed E-state index contributed by atoms with van der Waals surface area (Å²) in [5.41, 5.74) is 0. The Bertz CT molecular complexity index is 240. The summed E-state index contributed by atoms with van der Waals surface area (Å²) < 4.78 is 20.3. The van der Waals surface area contributed by atoms with Crippen molar-refractivity contribution in [3.05, 3.63) is 0 Å². The van der Waals surface area contributed by atoms with Gasteiger partial charge in [-0.15, -0.1) is 0 Å². The molecular weight excluding hydrogens is 377 g/mol. The van der Waals surface area contributed by atoms with E-state index in [1.165, 1.54) is 51.4 Å². The quantitative estimate of drug-likeness (QED) is 0.301. The van der Waals surface area contributed by atoms with Crippen LogP contribution in [0.2, 0.25) is 0 Å². The molecule has 0 bridgehead atoms. The maximum Gasteiger partial charge on any atom is 2.00 e. The molecule has 0 amide bonds. The molecule has 2 unspecified atom stereocenters. The van der Waals surface area contributed by atoms with Crippen molar-refractivity contribution in [1.82, 2.24) is 0 Å². The van der Waals surface area contributed by atoms with Crippen LogP contribution in [0.1, 0.15) is 90.9 Å². The molecule has 0 aromatic rings. The summed E-state index contributed by atoms with van der Waals surface area (Å²) in [5.74, 6) is 0. The molecule has 7 heteroatoms. The van der Waals surface area contributed by atoms with Gasteiger partial charge in [-0.3, -0.25) is 0 Å². The molecule has 0 rings (SSSR count). The van der Waals surface area contributed by atoms with Gasteiger partial charge >= 0.3 is 32.8 Å². The van der Waals surface area contributed by atoms with E-state index in [9.17, 15) is 18.9 Å². The molecule has 0 heterocycles. The molecule has 0 fully saturated rings. The van der Waals surface area contributed by atoms with Gasteiger partial charge in [-0.25, -0.2) is 0 Å². The molecule has 0 aliphatic carbocycles. The molecule has 0 saturated carbocycles. The summed E-state index contributed by atoms with van der Waals surface area (Å²) in [7, 11) is -4.25. The predicted molar refractivity (Wildman–Crippen MR) is 91.7 cm³/mol. The fraction of sp³-hybridized carbons (Fsp3) is 1.00. The van der Waals surface area contributed by atoms with E-state index in [4.69, 9.17) is 0 Å². The summed E-state index contributed by atoms with van der Waals surface area (Å²) in [6, 6.07) is 0. The van der Waals surface area contributed by atoms with E-state index in [1.54, 1.807) is 0 Å². The van der Waals surface area contributed by atoms with Crippen LogP contribution >= 0.6 is 16.1 Å². The molecule has 0 aliphatic rings. The minimum Gasteiger partial charge on any atom is -0.596 e. The molecular formula is C16H34CoO4P2+2. The molecule has 0 aromatic heterocycles. The average Bonchev–Trinajstić information content (AvgIpc) is 2.46. The third-order valence-corrected chi connectivity index (χ3v) is 4.75. The van der Waals surface area contributed by atoms with Crippen molar-refractivity contribution in [2.24, 2.45) is 0 Å². The van der Waals surface area contributed by atoms with Crippen LogP contribution in [0.5, 0.6) is 0 Å². The Morgan fingerprint density at radius 1 is 0.565 bits per heavy atom. The minimum absolute atomic E-state index is 0. The van der Waals surface area contributed by atoms with E-state index < -0.39 is 16.1 Å². The van der Waals surface area contributed by atoms with Crippen LogP contribution < -0.4 is 9.79 Å². The zero-order valence-electron chi connectivity index (χ0n) is 14.8. The van der Waals surface area contributed by atoms with Crippen LogP contribution in [0.15, 0.2) is 0 Å². The van der Waals surface area contributed by atoms with E-state index in [0.717, 1.165) is 25.7 Å². The first kappa shape index (κ1) is 28.4. The monoisotopic (exact) mass is 411 g/mol. The van der Waals surface area contributed by atoms with Crippen molar-refractivity contribution in [3.8, 4) is 0 Å².